The van der Waals surface area contributed by atoms with E-state index in [-0.39, 0.29) is 5.69 Å². The van der Waals surface area contributed by atoms with Crippen molar-refractivity contribution >= 4 is 27.1 Å². The van der Waals surface area contributed by atoms with Gasteiger partial charge in [-0.1, -0.05) is 12.1 Å². The molecule has 0 aliphatic rings. The number of nitrogens with two attached hydrogens (primary N) is 1. The van der Waals surface area contributed by atoms with E-state index < -0.39 is 43.0 Å². The maximum Gasteiger partial charge on any atom is 0.416 e. The van der Waals surface area contributed by atoms with E-state index in [0.717, 1.165) is 18.2 Å². The summed E-state index contributed by atoms with van der Waals surface area (Å²) in [5, 5.41) is 10.9. The lowest BCUT2D eigenvalue weighted by molar-refractivity contribution is -0.387. The first-order valence-electron chi connectivity index (χ1n) is 6.25. The van der Waals surface area contributed by atoms with Gasteiger partial charge in [0.25, 0.3) is 15.7 Å². The fourth-order valence-electron chi connectivity index (χ4n) is 1.86. The number of benzene rings is 2. The summed E-state index contributed by atoms with van der Waals surface area (Å²) in [6.45, 7) is 0. The lowest BCUT2D eigenvalue weighted by Gasteiger charge is -2.13. The summed E-state index contributed by atoms with van der Waals surface area (Å²) < 4.78 is 64.6. The van der Waals surface area contributed by atoms with Gasteiger partial charge >= 0.3 is 6.18 Å². The molecule has 0 bridgehead atoms. The Bertz CT molecular complexity index is 898. The molecular weight excluding hydrogens is 351 g/mol. The average Bonchev–Trinajstić information content (AvgIpc) is 2.48. The normalized spacial score (nSPS) is 12.0. The number of rotatable bonds is 4. The number of halogens is 3. The molecule has 0 amide bonds. The summed E-state index contributed by atoms with van der Waals surface area (Å²) in [5.41, 5.74) is 2.88. The Balaban J connectivity index is 2.50. The van der Waals surface area contributed by atoms with Gasteiger partial charge in [0.2, 0.25) is 0 Å². The predicted molar refractivity (Wildman–Crippen MR) is 79.8 cm³/mol. The lowest BCUT2D eigenvalue weighted by atomic mass is 10.2. The number of anilines is 2. The highest BCUT2D eigenvalue weighted by Gasteiger charge is 2.32. The zero-order valence-electron chi connectivity index (χ0n) is 11.7. The van der Waals surface area contributed by atoms with E-state index in [1.165, 1.54) is 12.1 Å². The highest BCUT2D eigenvalue weighted by molar-refractivity contribution is 7.92. The number of nitrogens with one attached hydrogen (secondary N) is 1. The highest BCUT2D eigenvalue weighted by atomic mass is 32.2. The van der Waals surface area contributed by atoms with Crippen LogP contribution in [0.3, 0.4) is 0 Å². The summed E-state index contributed by atoms with van der Waals surface area (Å²) in [7, 11) is -4.51. The molecule has 0 aliphatic heterocycles. The number of nitro groups is 1. The van der Waals surface area contributed by atoms with Crippen LogP contribution in [0.2, 0.25) is 0 Å². The average molecular weight is 361 g/mol. The van der Waals surface area contributed by atoms with Gasteiger partial charge in [-0.25, -0.2) is 8.42 Å². The van der Waals surface area contributed by atoms with Crippen LogP contribution in [0.15, 0.2) is 47.4 Å². The Labute approximate surface area is 134 Å². The number of hydrogen-bond donors (Lipinski definition) is 2. The number of sulfonamides is 1. The zero-order valence-corrected chi connectivity index (χ0v) is 12.6. The van der Waals surface area contributed by atoms with Crippen LogP contribution in [0.5, 0.6) is 0 Å². The molecule has 2 aromatic rings. The molecule has 0 saturated heterocycles. The van der Waals surface area contributed by atoms with E-state index in [0.29, 0.717) is 12.1 Å². The minimum atomic E-state index is -4.70. The van der Waals surface area contributed by atoms with Crippen molar-refractivity contribution in [2.45, 2.75) is 11.1 Å². The van der Waals surface area contributed by atoms with E-state index in [1.807, 2.05) is 4.72 Å². The third-order valence-corrected chi connectivity index (χ3v) is 4.39. The fraction of sp³-hybridized carbons (Fsp3) is 0.0769. The monoisotopic (exact) mass is 361 g/mol. The van der Waals surface area contributed by atoms with Crippen LogP contribution < -0.4 is 10.5 Å². The van der Waals surface area contributed by atoms with Crippen LogP contribution in [0.4, 0.5) is 30.2 Å². The molecule has 0 saturated carbocycles. The van der Waals surface area contributed by atoms with Crippen LogP contribution >= 0.6 is 0 Å². The minimum Gasteiger partial charge on any atom is -0.397 e. The SMILES string of the molecule is Nc1ccc(C(F)(F)F)cc1NS(=O)(=O)c1ccccc1[N+](=O)[O-]. The van der Waals surface area contributed by atoms with Crippen molar-refractivity contribution in [1.82, 2.24) is 0 Å². The van der Waals surface area contributed by atoms with Crippen molar-refractivity contribution in [3.63, 3.8) is 0 Å². The second-order valence-electron chi connectivity index (χ2n) is 4.63. The van der Waals surface area contributed by atoms with Crippen LogP contribution in [0.25, 0.3) is 0 Å². The molecule has 0 atom stereocenters. The number of nitro benzene ring substituents is 1. The predicted octanol–water partition coefficient (Wildman–Crippen LogP) is 3.00. The van der Waals surface area contributed by atoms with Gasteiger partial charge in [0, 0.05) is 6.07 Å². The van der Waals surface area contributed by atoms with Gasteiger partial charge in [0.1, 0.15) is 0 Å². The fourth-order valence-corrected chi connectivity index (χ4v) is 3.11. The largest absolute Gasteiger partial charge is 0.416 e. The molecule has 0 fully saturated rings. The smallest absolute Gasteiger partial charge is 0.397 e. The van der Waals surface area contributed by atoms with Crippen molar-refractivity contribution < 1.29 is 26.5 Å². The number of hydrogen-bond acceptors (Lipinski definition) is 5. The molecule has 3 N–H and O–H groups in total. The molecule has 2 rings (SSSR count). The highest BCUT2D eigenvalue weighted by Crippen LogP contribution is 2.34. The summed E-state index contributed by atoms with van der Waals surface area (Å²) in [6, 6.07) is 6.53. The minimum absolute atomic E-state index is 0.259. The lowest BCUT2D eigenvalue weighted by Crippen LogP contribution is -2.16. The molecule has 24 heavy (non-hydrogen) atoms. The molecular formula is C13H10F3N3O4S. The van der Waals surface area contributed by atoms with Crippen molar-refractivity contribution in [3.05, 3.63) is 58.1 Å². The second kappa shape index (κ2) is 6.00. The van der Waals surface area contributed by atoms with E-state index in [1.54, 1.807) is 0 Å². The molecule has 7 nitrogen and oxygen atoms in total. The van der Waals surface area contributed by atoms with Crippen molar-refractivity contribution in [3.8, 4) is 0 Å². The second-order valence-corrected chi connectivity index (χ2v) is 6.28. The molecule has 0 spiro atoms. The van der Waals surface area contributed by atoms with Gasteiger partial charge in [-0.2, -0.15) is 13.2 Å². The maximum absolute atomic E-state index is 12.7. The van der Waals surface area contributed by atoms with Crippen molar-refractivity contribution in [1.29, 1.82) is 0 Å². The van der Waals surface area contributed by atoms with Crippen molar-refractivity contribution in [2.75, 3.05) is 10.5 Å². The summed E-state index contributed by atoms with van der Waals surface area (Å²) in [4.78, 5) is 9.31. The van der Waals surface area contributed by atoms with Gasteiger partial charge in [-0.3, -0.25) is 14.8 Å². The van der Waals surface area contributed by atoms with Gasteiger partial charge in [-0.15, -0.1) is 0 Å². The van der Waals surface area contributed by atoms with Crippen molar-refractivity contribution in [2.24, 2.45) is 0 Å². The van der Waals surface area contributed by atoms with Gasteiger partial charge in [-0.05, 0) is 24.3 Å². The molecule has 0 heterocycles. The Kier molecular flexibility index (Phi) is 4.38. The van der Waals surface area contributed by atoms with Crippen LogP contribution in [-0.2, 0) is 16.2 Å². The zero-order chi connectivity index (χ0) is 18.1. The maximum atomic E-state index is 12.7. The van der Waals surface area contributed by atoms with Gasteiger partial charge in [0.15, 0.2) is 4.90 Å². The number of nitrogen functional groups attached to an aromatic ring is 1. The Morgan fingerprint density at radius 2 is 1.75 bits per heavy atom. The first-order chi connectivity index (χ1) is 11.0. The Morgan fingerprint density at radius 1 is 1.12 bits per heavy atom. The molecule has 0 aromatic heterocycles. The summed E-state index contributed by atoms with van der Waals surface area (Å²) in [5.74, 6) is 0. The molecule has 128 valence electrons. The third-order valence-electron chi connectivity index (χ3n) is 2.98. The quantitative estimate of drug-likeness (QED) is 0.493. The molecule has 0 radical (unpaired) electrons. The van der Waals surface area contributed by atoms with E-state index in [4.69, 9.17) is 5.73 Å². The topological polar surface area (TPSA) is 115 Å². The molecule has 0 unspecified atom stereocenters. The number of alkyl halides is 3. The standard InChI is InChI=1S/C13H10F3N3O4S/c14-13(15,16)8-5-6-9(17)10(7-8)18-24(22,23)12-4-2-1-3-11(12)19(20)21/h1-7,18H,17H2. The Morgan fingerprint density at radius 3 is 2.33 bits per heavy atom. The van der Waals surface area contributed by atoms with Crippen LogP contribution in [-0.4, -0.2) is 13.3 Å². The third kappa shape index (κ3) is 3.56. The Hall–Kier alpha value is -2.82. The molecule has 11 heteroatoms. The van der Waals surface area contributed by atoms with E-state index in [9.17, 15) is 31.7 Å². The summed E-state index contributed by atoms with van der Waals surface area (Å²) in [6.07, 6.45) is -4.70. The summed E-state index contributed by atoms with van der Waals surface area (Å²) >= 11 is 0. The number of nitrogens with zero attached hydrogens (tertiary/aromatic N) is 1. The first kappa shape index (κ1) is 17.5. The number of para-hydroxylation sites is 1. The first-order valence-corrected chi connectivity index (χ1v) is 7.73. The molecule has 2 aromatic carbocycles. The van der Waals surface area contributed by atoms with Gasteiger partial charge < -0.3 is 5.73 Å². The molecule has 0 aliphatic carbocycles. The van der Waals surface area contributed by atoms with E-state index in [2.05, 4.69) is 0 Å². The van der Waals surface area contributed by atoms with Crippen LogP contribution in [0, 0.1) is 10.1 Å². The van der Waals surface area contributed by atoms with Crippen LogP contribution in [0.1, 0.15) is 5.56 Å². The van der Waals surface area contributed by atoms with Gasteiger partial charge in [0.05, 0.1) is 21.9 Å². The van der Waals surface area contributed by atoms with E-state index >= 15 is 0 Å².